The van der Waals surface area contributed by atoms with Crippen molar-refractivity contribution >= 4 is 27.3 Å². The van der Waals surface area contributed by atoms with Crippen molar-refractivity contribution in [2.24, 2.45) is 10.8 Å². The number of hydrogen-bond acceptors (Lipinski definition) is 3. The van der Waals surface area contributed by atoms with E-state index in [9.17, 15) is 14.3 Å². The van der Waals surface area contributed by atoms with Crippen molar-refractivity contribution in [3.63, 3.8) is 0 Å². The molecule has 5 heteroatoms. The quantitative estimate of drug-likeness (QED) is 0.0797. The number of hydrogen-bond donors (Lipinski definition) is 1. The minimum Gasteiger partial charge on any atom is -0.512 e. The molecule has 1 aromatic heterocycles. The summed E-state index contributed by atoms with van der Waals surface area (Å²) in [5.74, 6) is 0.421. The van der Waals surface area contributed by atoms with Crippen molar-refractivity contribution < 1.29 is 34.4 Å². The van der Waals surface area contributed by atoms with Crippen LogP contribution in [0.1, 0.15) is 104 Å². The number of carbonyl (C=O) groups is 1. The molecule has 0 fully saturated rings. The molecule has 0 saturated heterocycles. The van der Waals surface area contributed by atoms with Gasteiger partial charge in [-0.3, -0.25) is 4.79 Å². The molecule has 0 saturated carbocycles. The number of halogens is 1. The maximum Gasteiger partial charge on any atom is 0.164 e. The van der Waals surface area contributed by atoms with Gasteiger partial charge in [0.15, 0.2) is 5.78 Å². The van der Waals surface area contributed by atoms with Crippen molar-refractivity contribution in [2.75, 3.05) is 0 Å². The fourth-order valence-electron chi connectivity index (χ4n) is 5.49. The number of aromatic nitrogens is 1. The number of aryl methyl sites for hydroxylation is 2. The third-order valence-electron chi connectivity index (χ3n) is 9.48. The van der Waals surface area contributed by atoms with Gasteiger partial charge in [0.1, 0.15) is 11.6 Å². The number of ketones is 1. The molecular weight excluding hydrogens is 726 g/mol. The molecule has 3 nitrogen and oxygen atoms in total. The topological polar surface area (TPSA) is 50.2 Å². The van der Waals surface area contributed by atoms with E-state index in [4.69, 9.17) is 0 Å². The smallest absolute Gasteiger partial charge is 0.164 e. The fourth-order valence-corrected chi connectivity index (χ4v) is 5.49. The van der Waals surface area contributed by atoms with Gasteiger partial charge in [-0.05, 0) is 82.6 Å². The first-order valence-corrected chi connectivity index (χ1v) is 15.7. The zero-order valence-electron chi connectivity index (χ0n) is 28.1. The van der Waals surface area contributed by atoms with Gasteiger partial charge in [-0.1, -0.05) is 81.4 Å². The molecule has 0 spiro atoms. The maximum atomic E-state index is 14.1. The van der Waals surface area contributed by atoms with Crippen LogP contribution in [0, 0.1) is 36.6 Å². The summed E-state index contributed by atoms with van der Waals surface area (Å²) in [7, 11) is 0. The zero-order chi connectivity index (χ0) is 32.1. The Morgan fingerprint density at radius 1 is 0.932 bits per heavy atom. The second kappa shape index (κ2) is 15.4. The summed E-state index contributed by atoms with van der Waals surface area (Å²) in [6.45, 7) is 20.5. The van der Waals surface area contributed by atoms with Gasteiger partial charge >= 0.3 is 0 Å². The largest absolute Gasteiger partial charge is 0.512 e. The Hall–Kier alpha value is -2.88. The van der Waals surface area contributed by atoms with Crippen molar-refractivity contribution in [2.45, 2.75) is 101 Å². The molecule has 0 unspecified atom stereocenters. The molecule has 0 atom stereocenters. The summed E-state index contributed by atoms with van der Waals surface area (Å²) in [4.78, 5) is 16.8. The number of fused-ring (bicyclic) bond motifs is 3. The molecule has 0 bridgehead atoms. The van der Waals surface area contributed by atoms with Crippen LogP contribution in [-0.2, 0) is 24.9 Å². The first-order valence-electron chi connectivity index (χ1n) is 15.7. The van der Waals surface area contributed by atoms with Crippen LogP contribution in [0.25, 0.3) is 32.8 Å². The van der Waals surface area contributed by atoms with E-state index < -0.39 is 0 Å². The Morgan fingerprint density at radius 2 is 1.55 bits per heavy atom. The monoisotopic (exact) mass is 775 g/mol. The maximum absolute atomic E-state index is 14.1. The van der Waals surface area contributed by atoms with Crippen molar-refractivity contribution in [3.8, 4) is 11.3 Å². The van der Waals surface area contributed by atoms with Gasteiger partial charge in [0.2, 0.25) is 0 Å². The van der Waals surface area contributed by atoms with E-state index in [1.165, 1.54) is 17.2 Å². The van der Waals surface area contributed by atoms with Crippen LogP contribution >= 0.6 is 0 Å². The minimum atomic E-state index is -0.337. The molecule has 1 N–H and O–H groups in total. The number of aliphatic hydroxyl groups excluding tert-OH is 1. The standard InChI is InChI=1S/C24H21FN.C15H28O2.Ir/c1-14(2)21-12-17-7-8-26-24(18-10-15(3)9-16(4)11-18)23(17)22-13-19(25)5-6-20(21)22;1-7-14(5,8-2)12(16)11-13(17)15(6,9-3)10-4;/h5-10,12-14H,1-4H3;11,16H,7-10H2,1-6H3;/q-1;;/b;12-11-;. The van der Waals surface area contributed by atoms with Crippen LogP contribution in [0.15, 0.2) is 60.5 Å². The van der Waals surface area contributed by atoms with E-state index in [1.54, 1.807) is 12.1 Å². The Kier molecular flexibility index (Phi) is 13.1. The summed E-state index contributed by atoms with van der Waals surface area (Å²) in [6, 6.07) is 16.9. The van der Waals surface area contributed by atoms with Crippen LogP contribution < -0.4 is 0 Å². The first kappa shape index (κ1) is 37.3. The molecule has 1 heterocycles. The Bertz CT molecular complexity index is 1610. The molecule has 239 valence electrons. The van der Waals surface area contributed by atoms with Crippen molar-refractivity contribution in [1.82, 2.24) is 4.98 Å². The number of carbonyl (C=O) groups excluding carboxylic acids is 1. The summed E-state index contributed by atoms with van der Waals surface area (Å²) in [5.41, 5.74) is 4.69. The predicted molar refractivity (Wildman–Crippen MR) is 180 cm³/mol. The van der Waals surface area contributed by atoms with Gasteiger partial charge in [-0.25, -0.2) is 4.39 Å². The van der Waals surface area contributed by atoms with E-state index in [2.05, 4.69) is 50.0 Å². The minimum absolute atomic E-state index is 0. The predicted octanol–water partition coefficient (Wildman–Crippen LogP) is 11.4. The van der Waals surface area contributed by atoms with Gasteiger partial charge in [0.05, 0.1) is 0 Å². The van der Waals surface area contributed by atoms with Crippen LogP contribution in [0.4, 0.5) is 4.39 Å². The fraction of sp³-hybridized carbons (Fsp3) is 0.436. The van der Waals surface area contributed by atoms with E-state index in [0.29, 0.717) is 5.92 Å². The average Bonchev–Trinajstić information content (AvgIpc) is 2.98. The summed E-state index contributed by atoms with van der Waals surface area (Å²) in [6.07, 6.45) is 6.59. The van der Waals surface area contributed by atoms with Gasteiger partial charge in [0.25, 0.3) is 0 Å². The Labute approximate surface area is 277 Å². The van der Waals surface area contributed by atoms with Gasteiger partial charge in [0, 0.05) is 43.2 Å². The number of rotatable bonds is 9. The SMILES string of the molecule is CCC(C)(CC)C(=O)/C=C(\O)C(C)(CC)CC.Cc1[c-]c(-c2nccc3cc(C(C)C)c4ccc(F)cc4c23)cc(C)c1.[Ir]. The normalized spacial score (nSPS) is 12.2. The molecule has 1 radical (unpaired) electrons. The Morgan fingerprint density at radius 3 is 2.09 bits per heavy atom. The zero-order valence-corrected chi connectivity index (χ0v) is 30.5. The molecule has 4 rings (SSSR count). The molecule has 4 aromatic rings. The number of pyridine rings is 1. The summed E-state index contributed by atoms with van der Waals surface area (Å²) >= 11 is 0. The third-order valence-corrected chi connectivity index (χ3v) is 9.48. The first-order chi connectivity index (χ1) is 20.2. The average molecular weight is 775 g/mol. The van der Waals surface area contributed by atoms with Crippen LogP contribution in [0.5, 0.6) is 0 Å². The molecule has 0 amide bonds. The number of allylic oxidation sites excluding steroid dienone is 2. The van der Waals surface area contributed by atoms with E-state index in [-0.39, 0.29) is 48.3 Å². The van der Waals surface area contributed by atoms with Gasteiger partial charge in [-0.15, -0.1) is 34.9 Å². The molecule has 0 aliphatic carbocycles. The molecule has 0 aliphatic rings. The van der Waals surface area contributed by atoms with Crippen molar-refractivity contribution in [3.05, 3.63) is 89.1 Å². The summed E-state index contributed by atoms with van der Waals surface area (Å²) < 4.78 is 14.1. The van der Waals surface area contributed by atoms with Crippen LogP contribution in [0.3, 0.4) is 0 Å². The second-order valence-electron chi connectivity index (χ2n) is 12.8. The number of aliphatic hydroxyl groups is 1. The van der Waals surface area contributed by atoms with E-state index >= 15 is 0 Å². The van der Waals surface area contributed by atoms with E-state index in [1.807, 2.05) is 66.8 Å². The summed E-state index contributed by atoms with van der Waals surface area (Å²) in [5, 5.41) is 14.2. The van der Waals surface area contributed by atoms with Crippen LogP contribution in [0.2, 0.25) is 0 Å². The van der Waals surface area contributed by atoms with Gasteiger partial charge < -0.3 is 10.1 Å². The Balaban J connectivity index is 0.000000331. The number of nitrogens with zero attached hydrogens (tertiary/aromatic N) is 1. The molecule has 44 heavy (non-hydrogen) atoms. The van der Waals surface area contributed by atoms with Gasteiger partial charge in [-0.2, -0.15) is 0 Å². The third kappa shape index (κ3) is 8.03. The number of benzene rings is 3. The molecule has 3 aromatic carbocycles. The van der Waals surface area contributed by atoms with Crippen LogP contribution in [-0.4, -0.2) is 15.9 Å². The molecule has 0 aliphatic heterocycles. The second-order valence-corrected chi connectivity index (χ2v) is 12.8. The van der Waals surface area contributed by atoms with Crippen molar-refractivity contribution in [1.29, 1.82) is 0 Å². The molecular formula is C39H49FIrNO2-. The van der Waals surface area contributed by atoms with E-state index in [0.717, 1.165) is 64.0 Å².